The molecule has 1 aromatic heterocycles. The van der Waals surface area contributed by atoms with Gasteiger partial charge in [0.1, 0.15) is 5.03 Å². The molecule has 3 aromatic rings. The van der Waals surface area contributed by atoms with Crippen molar-refractivity contribution in [2.24, 2.45) is 5.92 Å². The topological polar surface area (TPSA) is 62.3 Å². The molecule has 1 aliphatic heterocycles. The molecule has 2 heterocycles. The normalized spacial score (nSPS) is 15.7. The molecule has 0 saturated heterocycles. The van der Waals surface area contributed by atoms with E-state index in [9.17, 15) is 9.59 Å². The Kier molecular flexibility index (Phi) is 5.47. The number of hydrogen-bond acceptors (Lipinski definition) is 4. The maximum absolute atomic E-state index is 13.5. The monoisotopic (exact) mass is 429 g/mol. The van der Waals surface area contributed by atoms with Crippen LogP contribution in [0.5, 0.6) is 0 Å². The van der Waals surface area contributed by atoms with E-state index in [2.05, 4.69) is 22.4 Å². The highest BCUT2D eigenvalue weighted by atomic mass is 32.2. The summed E-state index contributed by atoms with van der Waals surface area (Å²) in [6.07, 6.45) is 5.93. The highest BCUT2D eigenvalue weighted by molar-refractivity contribution is 7.99. The number of hydrogen-bond donors (Lipinski definition) is 1. The third-order valence-electron chi connectivity index (χ3n) is 5.92. The lowest BCUT2D eigenvalue weighted by Gasteiger charge is -2.22. The van der Waals surface area contributed by atoms with E-state index in [4.69, 9.17) is 0 Å². The fraction of sp³-hybridized carbons (Fsp3) is 0.240. The van der Waals surface area contributed by atoms with Gasteiger partial charge < -0.3 is 10.2 Å². The predicted molar refractivity (Wildman–Crippen MR) is 122 cm³/mol. The number of carbonyl (C=O) groups is 2. The number of benzene rings is 2. The van der Waals surface area contributed by atoms with Gasteiger partial charge in [0.15, 0.2) is 0 Å². The van der Waals surface area contributed by atoms with Crippen molar-refractivity contribution >= 4 is 35.0 Å². The van der Waals surface area contributed by atoms with Crippen molar-refractivity contribution in [2.45, 2.75) is 42.1 Å². The Bertz CT molecular complexity index is 1120. The molecule has 0 unspecified atom stereocenters. The number of pyridine rings is 1. The first-order valence-corrected chi connectivity index (χ1v) is 11.4. The molecule has 2 amide bonds. The van der Waals surface area contributed by atoms with E-state index >= 15 is 0 Å². The van der Waals surface area contributed by atoms with Crippen molar-refractivity contribution in [1.29, 1.82) is 0 Å². The summed E-state index contributed by atoms with van der Waals surface area (Å²) in [5.74, 6) is 0.109. The zero-order chi connectivity index (χ0) is 21.2. The average molecular weight is 430 g/mol. The minimum Gasteiger partial charge on any atom is -0.326 e. The summed E-state index contributed by atoms with van der Waals surface area (Å²) in [5.41, 5.74) is 3.22. The van der Waals surface area contributed by atoms with Crippen LogP contribution in [-0.2, 0) is 11.3 Å². The van der Waals surface area contributed by atoms with Gasteiger partial charge in [0.2, 0.25) is 5.91 Å². The van der Waals surface area contributed by atoms with Crippen LogP contribution in [-0.4, -0.2) is 16.8 Å². The van der Waals surface area contributed by atoms with E-state index in [0.29, 0.717) is 12.1 Å². The fourth-order valence-corrected chi connectivity index (χ4v) is 5.24. The summed E-state index contributed by atoms with van der Waals surface area (Å²) < 4.78 is 0. The van der Waals surface area contributed by atoms with Crippen molar-refractivity contribution in [3.8, 4) is 0 Å². The fourth-order valence-electron chi connectivity index (χ4n) is 4.23. The maximum atomic E-state index is 13.5. The Hall–Kier alpha value is -3.12. The van der Waals surface area contributed by atoms with E-state index in [1.807, 2.05) is 36.4 Å². The molecule has 2 aromatic carbocycles. The number of amides is 2. The number of rotatable bonds is 3. The summed E-state index contributed by atoms with van der Waals surface area (Å²) in [5, 5.41) is 3.81. The summed E-state index contributed by atoms with van der Waals surface area (Å²) in [6, 6.07) is 19.1. The molecule has 31 heavy (non-hydrogen) atoms. The zero-order valence-electron chi connectivity index (χ0n) is 17.1. The predicted octanol–water partition coefficient (Wildman–Crippen LogP) is 5.52. The third-order valence-corrected chi connectivity index (χ3v) is 7.05. The number of fused-ring (bicyclic) bond motifs is 2. The number of nitrogens with one attached hydrogen (secondary N) is 1. The summed E-state index contributed by atoms with van der Waals surface area (Å²) in [6.45, 7) is 0.487. The summed E-state index contributed by atoms with van der Waals surface area (Å²) in [7, 11) is 0. The van der Waals surface area contributed by atoms with Gasteiger partial charge in [-0.15, -0.1) is 0 Å². The van der Waals surface area contributed by atoms with E-state index in [1.165, 1.54) is 0 Å². The largest absolute Gasteiger partial charge is 0.326 e. The molecule has 0 atom stereocenters. The van der Waals surface area contributed by atoms with Gasteiger partial charge in [0, 0.05) is 28.3 Å². The molecule has 1 N–H and O–H groups in total. The van der Waals surface area contributed by atoms with Crippen LogP contribution in [0.15, 0.2) is 76.8 Å². The molecule has 156 valence electrons. The Morgan fingerprint density at radius 3 is 2.55 bits per heavy atom. The first kappa shape index (κ1) is 19.8. The molecular weight excluding hydrogens is 406 g/mol. The lowest BCUT2D eigenvalue weighted by molar-refractivity contribution is -0.119. The van der Waals surface area contributed by atoms with Crippen molar-refractivity contribution in [3.05, 3.63) is 78.0 Å². The third kappa shape index (κ3) is 4.08. The molecule has 0 bridgehead atoms. The Balaban J connectivity index is 1.39. The second kappa shape index (κ2) is 8.55. The van der Waals surface area contributed by atoms with Crippen LogP contribution in [0.1, 0.15) is 41.6 Å². The van der Waals surface area contributed by atoms with Gasteiger partial charge >= 0.3 is 0 Å². The average Bonchev–Trinajstić information content (AvgIpc) is 3.29. The molecule has 0 radical (unpaired) electrons. The molecule has 1 saturated carbocycles. The number of aromatic nitrogens is 1. The smallest absolute Gasteiger partial charge is 0.258 e. The van der Waals surface area contributed by atoms with E-state index in [0.717, 1.165) is 52.5 Å². The lowest BCUT2D eigenvalue weighted by atomic mass is 10.1. The number of anilines is 2. The first-order chi connectivity index (χ1) is 15.2. The molecule has 1 aliphatic carbocycles. The van der Waals surface area contributed by atoms with Crippen LogP contribution in [0.4, 0.5) is 11.4 Å². The highest BCUT2D eigenvalue weighted by Gasteiger charge is 2.26. The second-order valence-electron chi connectivity index (χ2n) is 7.98. The molecule has 5 rings (SSSR count). The number of nitrogens with zero attached hydrogens (tertiary/aromatic N) is 2. The lowest BCUT2D eigenvalue weighted by Crippen LogP contribution is -2.30. The van der Waals surface area contributed by atoms with Gasteiger partial charge in [-0.3, -0.25) is 9.59 Å². The second-order valence-corrected chi connectivity index (χ2v) is 9.01. The summed E-state index contributed by atoms with van der Waals surface area (Å²) in [4.78, 5) is 33.3. The Morgan fingerprint density at radius 2 is 1.74 bits per heavy atom. The molecule has 6 heteroatoms. The van der Waals surface area contributed by atoms with Crippen LogP contribution < -0.4 is 10.2 Å². The van der Waals surface area contributed by atoms with Gasteiger partial charge in [-0.25, -0.2) is 4.98 Å². The minimum absolute atomic E-state index is 0.0812. The van der Waals surface area contributed by atoms with Crippen molar-refractivity contribution in [3.63, 3.8) is 0 Å². The van der Waals surface area contributed by atoms with Gasteiger partial charge in [-0.05, 0) is 60.9 Å². The molecular formula is C25H23N3O2S. The van der Waals surface area contributed by atoms with Crippen LogP contribution in [0, 0.1) is 5.92 Å². The van der Waals surface area contributed by atoms with Gasteiger partial charge in [0.05, 0.1) is 12.2 Å². The quantitative estimate of drug-likeness (QED) is 0.595. The van der Waals surface area contributed by atoms with Gasteiger partial charge in [-0.2, -0.15) is 0 Å². The van der Waals surface area contributed by atoms with Crippen LogP contribution in [0.2, 0.25) is 0 Å². The SMILES string of the molecule is O=C(Nc1ccc(C(=O)N2Cc3ccccc3Sc3ncccc32)cc1)C1CCCC1. The Morgan fingerprint density at radius 1 is 0.968 bits per heavy atom. The Labute approximate surface area is 185 Å². The molecule has 0 spiro atoms. The van der Waals surface area contributed by atoms with Crippen molar-refractivity contribution in [2.75, 3.05) is 10.2 Å². The first-order valence-electron chi connectivity index (χ1n) is 10.6. The zero-order valence-corrected chi connectivity index (χ0v) is 17.9. The van der Waals surface area contributed by atoms with Gasteiger partial charge in [0.25, 0.3) is 5.91 Å². The maximum Gasteiger partial charge on any atom is 0.258 e. The van der Waals surface area contributed by atoms with E-state index < -0.39 is 0 Å². The van der Waals surface area contributed by atoms with E-state index in [1.54, 1.807) is 35.0 Å². The standard InChI is InChI=1S/C25H23N3O2S/c29-23(17-6-1-2-7-17)27-20-13-11-18(12-14-20)25(30)28-16-19-8-3-4-10-22(19)31-24-21(28)9-5-15-26-24/h3-5,8-15,17H,1-2,6-7,16H2,(H,27,29). The molecule has 1 fully saturated rings. The number of carbonyl (C=O) groups excluding carboxylic acids is 2. The molecule has 5 nitrogen and oxygen atoms in total. The van der Waals surface area contributed by atoms with Crippen LogP contribution in [0.25, 0.3) is 0 Å². The van der Waals surface area contributed by atoms with Gasteiger partial charge in [-0.1, -0.05) is 42.8 Å². The summed E-state index contributed by atoms with van der Waals surface area (Å²) >= 11 is 1.59. The van der Waals surface area contributed by atoms with Crippen molar-refractivity contribution < 1.29 is 9.59 Å². The van der Waals surface area contributed by atoms with Crippen molar-refractivity contribution in [1.82, 2.24) is 4.98 Å². The minimum atomic E-state index is -0.0831. The highest BCUT2D eigenvalue weighted by Crippen LogP contribution is 2.40. The van der Waals surface area contributed by atoms with Crippen LogP contribution in [0.3, 0.4) is 0 Å². The van der Waals surface area contributed by atoms with E-state index in [-0.39, 0.29) is 17.7 Å². The van der Waals surface area contributed by atoms with Crippen LogP contribution >= 0.6 is 11.8 Å². The molecule has 2 aliphatic rings.